The number of nitrogens with zero attached hydrogens (tertiary/aromatic N) is 3. The third kappa shape index (κ3) is 3.29. The molecule has 120 valence electrons. The molecule has 1 aliphatic rings. The number of carbonyl (C=O) groups excluding carboxylic acids is 1. The number of ether oxygens (including phenoxy) is 1. The average molecular weight is 332 g/mol. The summed E-state index contributed by atoms with van der Waals surface area (Å²) in [7, 11) is 0. The molecule has 0 saturated carbocycles. The molecule has 1 fully saturated rings. The Morgan fingerprint density at radius 2 is 2.04 bits per heavy atom. The van der Waals surface area contributed by atoms with Crippen molar-refractivity contribution >= 4 is 23.4 Å². The highest BCUT2D eigenvalue weighted by atomic mass is 35.5. The van der Waals surface area contributed by atoms with E-state index in [-0.39, 0.29) is 5.97 Å². The number of esters is 1. The van der Waals surface area contributed by atoms with Gasteiger partial charge in [0, 0.05) is 24.8 Å². The summed E-state index contributed by atoms with van der Waals surface area (Å²) in [5, 5.41) is 0.587. The van der Waals surface area contributed by atoms with Crippen molar-refractivity contribution in [2.75, 3.05) is 24.6 Å². The lowest BCUT2D eigenvalue weighted by Gasteiger charge is -2.19. The summed E-state index contributed by atoms with van der Waals surface area (Å²) in [4.78, 5) is 23.2. The zero-order valence-electron chi connectivity index (χ0n) is 13.0. The van der Waals surface area contributed by atoms with Gasteiger partial charge in [-0.15, -0.1) is 0 Å². The second-order valence-electron chi connectivity index (χ2n) is 5.33. The van der Waals surface area contributed by atoms with Crippen LogP contribution >= 0.6 is 11.6 Å². The number of benzene rings is 1. The van der Waals surface area contributed by atoms with E-state index >= 15 is 0 Å². The number of halogens is 1. The van der Waals surface area contributed by atoms with E-state index in [9.17, 15) is 4.79 Å². The Morgan fingerprint density at radius 1 is 1.30 bits per heavy atom. The van der Waals surface area contributed by atoms with Crippen molar-refractivity contribution in [3.63, 3.8) is 0 Å². The van der Waals surface area contributed by atoms with Gasteiger partial charge in [0.15, 0.2) is 5.82 Å². The Bertz CT molecular complexity index is 715. The molecule has 0 unspecified atom stereocenters. The fourth-order valence-corrected chi connectivity index (χ4v) is 2.89. The summed E-state index contributed by atoms with van der Waals surface area (Å²) in [6, 6.07) is 7.42. The minimum absolute atomic E-state index is 0.324. The Kier molecular flexibility index (Phi) is 4.76. The van der Waals surface area contributed by atoms with E-state index in [0.29, 0.717) is 28.8 Å². The van der Waals surface area contributed by atoms with Gasteiger partial charge in [0.2, 0.25) is 0 Å². The summed E-state index contributed by atoms with van der Waals surface area (Å²) in [5.41, 5.74) is 1.16. The highest BCUT2D eigenvalue weighted by molar-refractivity contribution is 6.33. The molecule has 0 N–H and O–H groups in total. The highest BCUT2D eigenvalue weighted by Crippen LogP contribution is 2.29. The maximum absolute atomic E-state index is 12.2. The van der Waals surface area contributed by atoms with E-state index in [4.69, 9.17) is 16.3 Å². The SMILES string of the molecule is CCOC(=O)c1cnc(-c2ccccc2Cl)nc1N1CCCC1. The molecule has 23 heavy (non-hydrogen) atoms. The fourth-order valence-electron chi connectivity index (χ4n) is 2.67. The van der Waals surface area contributed by atoms with E-state index in [1.165, 1.54) is 6.20 Å². The number of hydrogen-bond donors (Lipinski definition) is 0. The van der Waals surface area contributed by atoms with E-state index in [1.54, 1.807) is 13.0 Å². The molecular formula is C17H18ClN3O2. The van der Waals surface area contributed by atoms with Crippen molar-refractivity contribution in [1.29, 1.82) is 0 Å². The third-order valence-electron chi connectivity index (χ3n) is 3.78. The molecule has 1 saturated heterocycles. The normalized spacial score (nSPS) is 14.1. The molecule has 1 aromatic heterocycles. The molecule has 0 atom stereocenters. The molecule has 1 aliphatic heterocycles. The van der Waals surface area contributed by atoms with Gasteiger partial charge in [-0.05, 0) is 31.9 Å². The van der Waals surface area contributed by atoms with Crippen LogP contribution in [-0.4, -0.2) is 35.6 Å². The Labute approximate surface area is 140 Å². The zero-order chi connectivity index (χ0) is 16.2. The molecule has 5 nitrogen and oxygen atoms in total. The predicted octanol–water partition coefficient (Wildman–Crippen LogP) is 3.57. The summed E-state index contributed by atoms with van der Waals surface area (Å²) < 4.78 is 5.13. The first-order valence-corrected chi connectivity index (χ1v) is 8.12. The first kappa shape index (κ1) is 15.7. The Hall–Kier alpha value is -2.14. The second kappa shape index (κ2) is 6.96. The number of rotatable bonds is 4. The van der Waals surface area contributed by atoms with Gasteiger partial charge in [-0.2, -0.15) is 0 Å². The van der Waals surface area contributed by atoms with Crippen molar-refractivity contribution in [3.8, 4) is 11.4 Å². The van der Waals surface area contributed by atoms with Crippen LogP contribution in [0.1, 0.15) is 30.1 Å². The maximum atomic E-state index is 12.2. The van der Waals surface area contributed by atoms with Crippen LogP contribution in [0.4, 0.5) is 5.82 Å². The van der Waals surface area contributed by atoms with Crippen LogP contribution < -0.4 is 4.90 Å². The third-order valence-corrected chi connectivity index (χ3v) is 4.11. The minimum Gasteiger partial charge on any atom is -0.462 e. The molecule has 6 heteroatoms. The molecule has 2 heterocycles. The van der Waals surface area contributed by atoms with Crippen LogP contribution in [0.5, 0.6) is 0 Å². The molecule has 0 amide bonds. The van der Waals surface area contributed by atoms with Crippen LogP contribution in [-0.2, 0) is 4.74 Å². The number of aromatic nitrogens is 2. The van der Waals surface area contributed by atoms with E-state index in [2.05, 4.69) is 14.9 Å². The van der Waals surface area contributed by atoms with Gasteiger partial charge in [-0.25, -0.2) is 14.8 Å². The standard InChI is InChI=1S/C17H18ClN3O2/c1-2-23-17(22)13-11-19-15(12-7-3-4-8-14(12)18)20-16(13)21-9-5-6-10-21/h3-4,7-8,11H,2,5-6,9-10H2,1H3. The van der Waals surface area contributed by atoms with Crippen LogP contribution in [0, 0.1) is 0 Å². The smallest absolute Gasteiger partial charge is 0.343 e. The number of anilines is 1. The monoisotopic (exact) mass is 331 g/mol. The largest absolute Gasteiger partial charge is 0.462 e. The van der Waals surface area contributed by atoms with Crippen molar-refractivity contribution in [2.24, 2.45) is 0 Å². The maximum Gasteiger partial charge on any atom is 0.343 e. The zero-order valence-corrected chi connectivity index (χ0v) is 13.7. The molecule has 3 rings (SSSR count). The van der Waals surface area contributed by atoms with Crippen molar-refractivity contribution in [1.82, 2.24) is 9.97 Å². The van der Waals surface area contributed by atoms with Crippen molar-refractivity contribution < 1.29 is 9.53 Å². The van der Waals surface area contributed by atoms with Crippen LogP contribution in [0.3, 0.4) is 0 Å². The topological polar surface area (TPSA) is 55.3 Å². The van der Waals surface area contributed by atoms with Gasteiger partial charge in [0.25, 0.3) is 0 Å². The lowest BCUT2D eigenvalue weighted by Crippen LogP contribution is -2.23. The van der Waals surface area contributed by atoms with Gasteiger partial charge >= 0.3 is 5.97 Å². The van der Waals surface area contributed by atoms with E-state index in [1.807, 2.05) is 18.2 Å². The minimum atomic E-state index is -0.389. The molecule has 1 aromatic carbocycles. The number of carbonyl (C=O) groups is 1. The average Bonchev–Trinajstić information content (AvgIpc) is 3.09. The van der Waals surface area contributed by atoms with Crippen molar-refractivity contribution in [2.45, 2.75) is 19.8 Å². The first-order chi connectivity index (χ1) is 11.2. The van der Waals surface area contributed by atoms with E-state index in [0.717, 1.165) is 31.5 Å². The second-order valence-corrected chi connectivity index (χ2v) is 5.73. The molecule has 0 aliphatic carbocycles. The predicted molar refractivity (Wildman–Crippen MR) is 89.9 cm³/mol. The lowest BCUT2D eigenvalue weighted by atomic mass is 10.2. The summed E-state index contributed by atoms with van der Waals surface area (Å²) >= 11 is 6.24. The van der Waals surface area contributed by atoms with Crippen molar-refractivity contribution in [3.05, 3.63) is 41.0 Å². The summed E-state index contributed by atoms with van der Waals surface area (Å²) in [5.74, 6) is 0.761. The van der Waals surface area contributed by atoms with Gasteiger partial charge in [0.05, 0.1) is 11.6 Å². The fraction of sp³-hybridized carbons (Fsp3) is 0.353. The van der Waals surface area contributed by atoms with Gasteiger partial charge in [-0.1, -0.05) is 23.7 Å². The quantitative estimate of drug-likeness (QED) is 0.802. The van der Waals surface area contributed by atoms with Gasteiger partial charge in [0.1, 0.15) is 11.4 Å². The number of hydrogen-bond acceptors (Lipinski definition) is 5. The molecule has 2 aromatic rings. The molecule has 0 bridgehead atoms. The first-order valence-electron chi connectivity index (χ1n) is 7.74. The van der Waals surface area contributed by atoms with Crippen LogP contribution in [0.25, 0.3) is 11.4 Å². The Balaban J connectivity index is 2.06. The summed E-state index contributed by atoms with van der Waals surface area (Å²) in [6.07, 6.45) is 3.72. The van der Waals surface area contributed by atoms with Crippen LogP contribution in [0.15, 0.2) is 30.5 Å². The van der Waals surface area contributed by atoms with Crippen LogP contribution in [0.2, 0.25) is 5.02 Å². The molecule has 0 radical (unpaired) electrons. The molecular weight excluding hydrogens is 314 g/mol. The highest BCUT2D eigenvalue weighted by Gasteiger charge is 2.23. The van der Waals surface area contributed by atoms with E-state index < -0.39 is 0 Å². The summed E-state index contributed by atoms with van der Waals surface area (Å²) in [6.45, 7) is 3.87. The molecule has 0 spiro atoms. The van der Waals surface area contributed by atoms with Gasteiger partial charge in [-0.3, -0.25) is 0 Å². The Morgan fingerprint density at radius 3 is 2.74 bits per heavy atom. The lowest BCUT2D eigenvalue weighted by molar-refractivity contribution is 0.0526. The van der Waals surface area contributed by atoms with Gasteiger partial charge < -0.3 is 9.64 Å².